The molecule has 0 saturated carbocycles. The standard InChI is InChI=1S/C16H17N3O3S/c1-19(2)16-17-9-12(23-16)5-7-15-18-13-6-4-11(21-10-20-3)8-14(13)22-15/h4-9H,10H2,1-3H3/b7-5+. The number of hydrogen-bond acceptors (Lipinski definition) is 7. The predicted molar refractivity (Wildman–Crippen MR) is 91.9 cm³/mol. The Bertz CT molecular complexity index is 823. The molecule has 7 heteroatoms. The Hall–Kier alpha value is -2.38. The van der Waals surface area contributed by atoms with E-state index in [-0.39, 0.29) is 6.79 Å². The predicted octanol–water partition coefficient (Wildman–Crippen LogP) is 3.50. The van der Waals surface area contributed by atoms with Crippen LogP contribution in [0.3, 0.4) is 0 Å². The van der Waals surface area contributed by atoms with Crippen LogP contribution in [-0.2, 0) is 4.74 Å². The highest BCUT2D eigenvalue weighted by atomic mass is 32.1. The molecule has 0 fully saturated rings. The van der Waals surface area contributed by atoms with Crippen LogP contribution in [0.2, 0.25) is 0 Å². The van der Waals surface area contributed by atoms with Crippen molar-refractivity contribution in [3.63, 3.8) is 0 Å². The van der Waals surface area contributed by atoms with Gasteiger partial charge in [-0.3, -0.25) is 0 Å². The second-order valence-corrected chi connectivity index (χ2v) is 6.05. The molecule has 0 aliphatic heterocycles. The van der Waals surface area contributed by atoms with Crippen LogP contribution in [0, 0.1) is 0 Å². The van der Waals surface area contributed by atoms with Gasteiger partial charge in [0.1, 0.15) is 11.3 Å². The molecule has 1 aromatic carbocycles. The van der Waals surface area contributed by atoms with Crippen LogP contribution in [0.25, 0.3) is 23.3 Å². The van der Waals surface area contributed by atoms with Crippen LogP contribution in [0.1, 0.15) is 10.8 Å². The Morgan fingerprint density at radius 2 is 2.17 bits per heavy atom. The molecule has 0 N–H and O–H groups in total. The number of thiazole rings is 1. The van der Waals surface area contributed by atoms with Gasteiger partial charge in [0.2, 0.25) is 5.89 Å². The van der Waals surface area contributed by atoms with Gasteiger partial charge in [-0.2, -0.15) is 0 Å². The minimum atomic E-state index is 0.200. The second-order valence-electron chi connectivity index (χ2n) is 5.01. The van der Waals surface area contributed by atoms with E-state index in [4.69, 9.17) is 13.9 Å². The molecule has 0 radical (unpaired) electrons. The number of ether oxygens (including phenoxy) is 2. The first-order chi connectivity index (χ1) is 11.2. The quantitative estimate of drug-likeness (QED) is 0.644. The zero-order valence-electron chi connectivity index (χ0n) is 13.1. The number of fused-ring (bicyclic) bond motifs is 1. The smallest absolute Gasteiger partial charge is 0.220 e. The molecule has 120 valence electrons. The number of benzene rings is 1. The van der Waals surface area contributed by atoms with Crippen LogP contribution >= 0.6 is 11.3 Å². The van der Waals surface area contributed by atoms with E-state index >= 15 is 0 Å². The molecule has 0 unspecified atom stereocenters. The average molecular weight is 331 g/mol. The zero-order valence-corrected chi connectivity index (χ0v) is 14.0. The Balaban J connectivity index is 1.78. The summed E-state index contributed by atoms with van der Waals surface area (Å²) in [5.74, 6) is 1.23. The molecule has 23 heavy (non-hydrogen) atoms. The molecule has 0 spiro atoms. The maximum atomic E-state index is 5.72. The summed E-state index contributed by atoms with van der Waals surface area (Å²) in [6.07, 6.45) is 5.61. The summed E-state index contributed by atoms with van der Waals surface area (Å²) in [7, 11) is 5.52. The van der Waals surface area contributed by atoms with Crippen LogP contribution in [0.5, 0.6) is 5.75 Å². The Labute approximate surface area is 138 Å². The minimum absolute atomic E-state index is 0.200. The first-order valence-electron chi connectivity index (χ1n) is 6.99. The van der Waals surface area contributed by atoms with E-state index in [1.165, 1.54) is 0 Å². The maximum absolute atomic E-state index is 5.72. The highest BCUT2D eigenvalue weighted by molar-refractivity contribution is 7.16. The van der Waals surface area contributed by atoms with Crippen molar-refractivity contribution in [3.8, 4) is 5.75 Å². The molecule has 3 rings (SSSR count). The van der Waals surface area contributed by atoms with Crippen LogP contribution in [0.4, 0.5) is 5.13 Å². The van der Waals surface area contributed by atoms with E-state index in [0.717, 1.165) is 15.5 Å². The number of aromatic nitrogens is 2. The van der Waals surface area contributed by atoms with Crippen molar-refractivity contribution >= 4 is 39.7 Å². The Morgan fingerprint density at radius 3 is 2.91 bits per heavy atom. The van der Waals surface area contributed by atoms with Crippen LogP contribution < -0.4 is 9.64 Å². The van der Waals surface area contributed by atoms with Crippen molar-refractivity contribution in [2.24, 2.45) is 0 Å². The fourth-order valence-corrected chi connectivity index (χ4v) is 2.67. The molecule has 0 amide bonds. The number of methoxy groups -OCH3 is 1. The largest absolute Gasteiger partial charge is 0.467 e. The highest BCUT2D eigenvalue weighted by Gasteiger charge is 2.06. The molecule has 0 aliphatic carbocycles. The monoisotopic (exact) mass is 331 g/mol. The summed E-state index contributed by atoms with van der Waals surface area (Å²) in [5.41, 5.74) is 1.46. The zero-order chi connectivity index (χ0) is 16.2. The van der Waals surface area contributed by atoms with Gasteiger partial charge in [-0.25, -0.2) is 9.97 Å². The van der Waals surface area contributed by atoms with Gasteiger partial charge in [0, 0.05) is 44.4 Å². The number of anilines is 1. The van der Waals surface area contributed by atoms with E-state index in [1.807, 2.05) is 49.5 Å². The molecule has 3 aromatic rings. The van der Waals surface area contributed by atoms with Gasteiger partial charge in [0.15, 0.2) is 17.5 Å². The van der Waals surface area contributed by atoms with Gasteiger partial charge in [-0.05, 0) is 18.2 Å². The molecule has 0 aliphatic rings. The number of oxazole rings is 1. The molecular formula is C16H17N3O3S. The summed E-state index contributed by atoms with van der Waals surface area (Å²) < 4.78 is 16.0. The average Bonchev–Trinajstić information content (AvgIpc) is 3.16. The fourth-order valence-electron chi connectivity index (χ4n) is 1.92. The molecule has 6 nitrogen and oxygen atoms in total. The lowest BCUT2D eigenvalue weighted by Crippen LogP contribution is -2.07. The van der Waals surface area contributed by atoms with Crippen molar-refractivity contribution < 1.29 is 13.9 Å². The molecule has 2 aromatic heterocycles. The number of nitrogens with zero attached hydrogens (tertiary/aromatic N) is 3. The SMILES string of the molecule is COCOc1ccc2nc(/C=C/c3cnc(N(C)C)s3)oc2c1. The molecule has 2 heterocycles. The third-order valence-corrected chi connectivity index (χ3v) is 4.13. The van der Waals surface area contributed by atoms with Crippen LogP contribution in [0.15, 0.2) is 28.8 Å². The Kier molecular flexibility index (Phi) is 4.59. The number of hydrogen-bond donors (Lipinski definition) is 0. The van der Waals surface area contributed by atoms with Crippen molar-refractivity contribution in [3.05, 3.63) is 35.2 Å². The topological polar surface area (TPSA) is 60.6 Å². The van der Waals surface area contributed by atoms with Crippen LogP contribution in [-0.4, -0.2) is 38.0 Å². The first kappa shape index (κ1) is 15.5. The summed E-state index contributed by atoms with van der Waals surface area (Å²) in [5, 5.41) is 0.960. The van der Waals surface area contributed by atoms with Gasteiger partial charge in [-0.15, -0.1) is 0 Å². The first-order valence-corrected chi connectivity index (χ1v) is 7.81. The van der Waals surface area contributed by atoms with Gasteiger partial charge in [0.05, 0.1) is 0 Å². The lowest BCUT2D eigenvalue weighted by molar-refractivity contribution is 0.0512. The Morgan fingerprint density at radius 1 is 1.30 bits per heavy atom. The third kappa shape index (κ3) is 3.69. The van der Waals surface area contributed by atoms with Crippen molar-refractivity contribution in [1.82, 2.24) is 9.97 Å². The molecular weight excluding hydrogens is 314 g/mol. The minimum Gasteiger partial charge on any atom is -0.467 e. The lowest BCUT2D eigenvalue weighted by atomic mass is 10.3. The maximum Gasteiger partial charge on any atom is 0.220 e. The molecule has 0 bridgehead atoms. The summed E-state index contributed by atoms with van der Waals surface area (Å²) in [6.45, 7) is 0.200. The normalized spacial score (nSPS) is 11.4. The van der Waals surface area contributed by atoms with E-state index in [0.29, 0.717) is 17.2 Å². The summed E-state index contributed by atoms with van der Waals surface area (Å²) in [6, 6.07) is 5.50. The summed E-state index contributed by atoms with van der Waals surface area (Å²) in [4.78, 5) is 11.8. The lowest BCUT2D eigenvalue weighted by Gasteiger charge is -2.04. The fraction of sp³-hybridized carbons (Fsp3) is 0.250. The number of rotatable bonds is 6. The highest BCUT2D eigenvalue weighted by Crippen LogP contribution is 2.25. The van der Waals surface area contributed by atoms with E-state index in [1.54, 1.807) is 24.5 Å². The van der Waals surface area contributed by atoms with Gasteiger partial charge in [-0.1, -0.05) is 11.3 Å². The van der Waals surface area contributed by atoms with Crippen molar-refractivity contribution in [2.45, 2.75) is 0 Å². The third-order valence-electron chi connectivity index (χ3n) is 3.00. The van der Waals surface area contributed by atoms with Crippen molar-refractivity contribution in [2.75, 3.05) is 32.9 Å². The molecule has 0 atom stereocenters. The van der Waals surface area contributed by atoms with Gasteiger partial charge < -0.3 is 18.8 Å². The van der Waals surface area contributed by atoms with Gasteiger partial charge >= 0.3 is 0 Å². The van der Waals surface area contributed by atoms with E-state index in [2.05, 4.69) is 9.97 Å². The van der Waals surface area contributed by atoms with Crippen molar-refractivity contribution in [1.29, 1.82) is 0 Å². The summed E-state index contributed by atoms with van der Waals surface area (Å²) >= 11 is 1.60. The van der Waals surface area contributed by atoms with Gasteiger partial charge in [0.25, 0.3) is 0 Å². The molecule has 0 saturated heterocycles. The van der Waals surface area contributed by atoms with E-state index in [9.17, 15) is 0 Å². The second kappa shape index (κ2) is 6.80. The van der Waals surface area contributed by atoms with E-state index < -0.39 is 0 Å².